The maximum Gasteiger partial charge on any atom is 0.416 e. The van der Waals surface area contributed by atoms with E-state index in [0.29, 0.717) is 23.7 Å². The van der Waals surface area contributed by atoms with E-state index in [1.807, 2.05) is 0 Å². The quantitative estimate of drug-likeness (QED) is 0.484. The molecule has 12 heteroatoms. The number of benzene rings is 1. The Morgan fingerprint density at radius 2 is 1.74 bits per heavy atom. The number of alkyl halides is 5. The number of nitrogens with zero attached hydrogens (tertiary/aromatic N) is 4. The van der Waals surface area contributed by atoms with Crippen LogP contribution in [0.5, 0.6) is 5.75 Å². The molecule has 1 atom stereocenters. The summed E-state index contributed by atoms with van der Waals surface area (Å²) in [5.41, 5.74) is -0.211. The first-order chi connectivity index (χ1) is 16.1. The van der Waals surface area contributed by atoms with Crippen LogP contribution in [0.3, 0.4) is 0 Å². The van der Waals surface area contributed by atoms with Gasteiger partial charge in [0.1, 0.15) is 11.4 Å². The molecule has 0 aliphatic heterocycles. The molecule has 34 heavy (non-hydrogen) atoms. The van der Waals surface area contributed by atoms with Crippen LogP contribution in [0.25, 0.3) is 11.5 Å². The van der Waals surface area contributed by atoms with Crippen molar-refractivity contribution in [1.29, 1.82) is 0 Å². The zero-order chi connectivity index (χ0) is 24.5. The van der Waals surface area contributed by atoms with Gasteiger partial charge in [-0.25, -0.2) is 15.0 Å². The molecule has 7 nitrogen and oxygen atoms in total. The highest BCUT2D eigenvalue weighted by Crippen LogP contribution is 2.39. The number of carbonyl (C=O) groups excluding carboxylic acids is 1. The molecule has 178 valence electrons. The SMILES string of the molecule is CC(NC(=O)c1cc(OC(F)F)cc(C(F)(F)F)c1)c1nccnc1-c1ncc(C2CC2)cn1. The van der Waals surface area contributed by atoms with Crippen LogP contribution < -0.4 is 10.1 Å². The van der Waals surface area contributed by atoms with Crippen LogP contribution in [-0.4, -0.2) is 32.5 Å². The molecule has 1 saturated carbocycles. The van der Waals surface area contributed by atoms with Crippen LogP contribution in [0, 0.1) is 0 Å². The van der Waals surface area contributed by atoms with E-state index >= 15 is 0 Å². The van der Waals surface area contributed by atoms with Crippen molar-refractivity contribution in [2.24, 2.45) is 0 Å². The van der Waals surface area contributed by atoms with Gasteiger partial charge in [-0.15, -0.1) is 0 Å². The molecule has 1 aliphatic rings. The first-order valence-electron chi connectivity index (χ1n) is 10.2. The summed E-state index contributed by atoms with van der Waals surface area (Å²) in [5, 5.41) is 2.51. The molecule has 1 fully saturated rings. The molecule has 0 bridgehead atoms. The Balaban J connectivity index is 1.58. The van der Waals surface area contributed by atoms with Gasteiger partial charge in [0.25, 0.3) is 5.91 Å². The molecular formula is C22H18F5N5O2. The molecule has 0 radical (unpaired) electrons. The molecule has 1 unspecified atom stereocenters. The van der Waals surface area contributed by atoms with Crippen molar-refractivity contribution in [3.8, 4) is 17.3 Å². The van der Waals surface area contributed by atoms with E-state index in [-0.39, 0.29) is 11.5 Å². The van der Waals surface area contributed by atoms with Gasteiger partial charge >= 0.3 is 12.8 Å². The fourth-order valence-electron chi connectivity index (χ4n) is 3.34. The monoisotopic (exact) mass is 479 g/mol. The summed E-state index contributed by atoms with van der Waals surface area (Å²) in [7, 11) is 0. The van der Waals surface area contributed by atoms with Crippen molar-refractivity contribution in [2.75, 3.05) is 0 Å². The summed E-state index contributed by atoms with van der Waals surface area (Å²) >= 11 is 0. The van der Waals surface area contributed by atoms with Crippen molar-refractivity contribution in [3.63, 3.8) is 0 Å². The second-order valence-corrected chi connectivity index (χ2v) is 7.72. The molecule has 0 saturated heterocycles. The Kier molecular flexibility index (Phi) is 6.40. The largest absolute Gasteiger partial charge is 0.435 e. The Hall–Kier alpha value is -3.70. The van der Waals surface area contributed by atoms with E-state index in [2.05, 4.69) is 30.0 Å². The van der Waals surface area contributed by atoms with Crippen molar-refractivity contribution < 1.29 is 31.5 Å². The average Bonchev–Trinajstić information content (AvgIpc) is 3.63. The highest BCUT2D eigenvalue weighted by molar-refractivity contribution is 5.95. The second kappa shape index (κ2) is 9.27. The molecule has 1 N–H and O–H groups in total. The number of halogens is 5. The third-order valence-corrected chi connectivity index (χ3v) is 5.14. The Labute approximate surface area is 190 Å². The van der Waals surface area contributed by atoms with E-state index in [9.17, 15) is 26.7 Å². The summed E-state index contributed by atoms with van der Waals surface area (Å²) in [5.74, 6) is -0.994. The van der Waals surface area contributed by atoms with E-state index in [1.54, 1.807) is 19.3 Å². The number of rotatable bonds is 7. The van der Waals surface area contributed by atoms with Gasteiger partial charge in [-0.3, -0.25) is 9.78 Å². The lowest BCUT2D eigenvalue weighted by molar-refractivity contribution is -0.138. The molecule has 1 amide bonds. The molecule has 4 rings (SSSR count). The standard InChI is InChI=1S/C22H18F5N5O2/c1-11(17-18(29-5-4-28-17)19-30-9-14(10-31-19)12-2-3-12)32-20(33)13-6-15(22(25,26)27)8-16(7-13)34-21(23)24/h4-12,21H,2-3H2,1H3,(H,32,33). The minimum absolute atomic E-state index is 0.278. The van der Waals surface area contributed by atoms with Crippen LogP contribution in [0.4, 0.5) is 22.0 Å². The minimum atomic E-state index is -4.87. The van der Waals surface area contributed by atoms with Crippen molar-refractivity contribution >= 4 is 5.91 Å². The summed E-state index contributed by atoms with van der Waals surface area (Å²) in [6, 6.07) is 0.936. The fourth-order valence-corrected chi connectivity index (χ4v) is 3.34. The van der Waals surface area contributed by atoms with E-state index in [4.69, 9.17) is 0 Å². The first-order valence-corrected chi connectivity index (χ1v) is 10.2. The Bertz CT molecular complexity index is 1180. The normalized spacial score (nSPS) is 14.7. The van der Waals surface area contributed by atoms with Gasteiger partial charge in [-0.1, -0.05) is 0 Å². The number of hydrogen-bond donors (Lipinski definition) is 1. The van der Waals surface area contributed by atoms with Gasteiger partial charge in [0.05, 0.1) is 17.3 Å². The maximum atomic E-state index is 13.2. The van der Waals surface area contributed by atoms with Crippen LogP contribution >= 0.6 is 0 Å². The van der Waals surface area contributed by atoms with Crippen LogP contribution in [0.1, 0.15) is 58.9 Å². The van der Waals surface area contributed by atoms with Crippen LogP contribution in [0.15, 0.2) is 43.0 Å². The summed E-state index contributed by atoms with van der Waals surface area (Å²) < 4.78 is 68.8. The Morgan fingerprint density at radius 1 is 1.06 bits per heavy atom. The van der Waals surface area contributed by atoms with Gasteiger partial charge in [0.15, 0.2) is 5.82 Å². The maximum absolute atomic E-state index is 13.2. The van der Waals surface area contributed by atoms with Crippen LogP contribution in [-0.2, 0) is 6.18 Å². The Morgan fingerprint density at radius 3 is 2.35 bits per heavy atom. The zero-order valence-electron chi connectivity index (χ0n) is 17.7. The van der Waals surface area contributed by atoms with E-state index < -0.39 is 41.6 Å². The highest BCUT2D eigenvalue weighted by atomic mass is 19.4. The lowest BCUT2D eigenvalue weighted by Crippen LogP contribution is -2.28. The molecule has 1 aliphatic carbocycles. The summed E-state index contributed by atoms with van der Waals surface area (Å²) in [6.07, 6.45) is 3.52. The van der Waals surface area contributed by atoms with Gasteiger partial charge in [0.2, 0.25) is 0 Å². The predicted molar refractivity (Wildman–Crippen MR) is 109 cm³/mol. The number of nitrogens with one attached hydrogen (secondary N) is 1. The zero-order valence-corrected chi connectivity index (χ0v) is 17.7. The van der Waals surface area contributed by atoms with E-state index in [1.165, 1.54) is 12.4 Å². The van der Waals surface area contributed by atoms with Crippen molar-refractivity contribution in [2.45, 2.75) is 44.5 Å². The number of aromatic nitrogens is 4. The summed E-state index contributed by atoms with van der Waals surface area (Å²) in [6.45, 7) is -1.81. The van der Waals surface area contributed by atoms with Gasteiger partial charge in [-0.05, 0) is 49.4 Å². The van der Waals surface area contributed by atoms with Crippen molar-refractivity contribution in [3.05, 3.63) is 65.4 Å². The predicted octanol–water partition coefficient (Wildman–Crippen LogP) is 4.92. The van der Waals surface area contributed by atoms with E-state index in [0.717, 1.165) is 24.5 Å². The molecule has 3 aromatic rings. The highest BCUT2D eigenvalue weighted by Gasteiger charge is 2.33. The van der Waals surface area contributed by atoms with Crippen LogP contribution in [0.2, 0.25) is 0 Å². The molecule has 0 spiro atoms. The second-order valence-electron chi connectivity index (χ2n) is 7.72. The number of carbonyl (C=O) groups is 1. The first kappa shape index (κ1) is 23.5. The molecule has 1 aromatic carbocycles. The number of amides is 1. The fraction of sp³-hybridized carbons (Fsp3) is 0.318. The topological polar surface area (TPSA) is 89.9 Å². The molecular weight excluding hydrogens is 461 g/mol. The van der Waals surface area contributed by atoms with Crippen molar-refractivity contribution in [1.82, 2.24) is 25.3 Å². The lowest BCUT2D eigenvalue weighted by atomic mass is 10.1. The number of ether oxygens (including phenoxy) is 1. The smallest absolute Gasteiger partial charge is 0.416 e. The molecule has 2 heterocycles. The minimum Gasteiger partial charge on any atom is -0.435 e. The summed E-state index contributed by atoms with van der Waals surface area (Å²) in [4.78, 5) is 29.8. The van der Waals surface area contributed by atoms with Gasteiger partial charge < -0.3 is 10.1 Å². The third-order valence-electron chi connectivity index (χ3n) is 5.14. The number of hydrogen-bond acceptors (Lipinski definition) is 6. The van der Waals surface area contributed by atoms with Gasteiger partial charge in [0, 0.05) is 30.4 Å². The lowest BCUT2D eigenvalue weighted by Gasteiger charge is -2.17. The molecule has 2 aromatic heterocycles. The van der Waals surface area contributed by atoms with Gasteiger partial charge in [-0.2, -0.15) is 22.0 Å². The third kappa shape index (κ3) is 5.43. The average molecular weight is 479 g/mol.